The van der Waals surface area contributed by atoms with Crippen molar-refractivity contribution in [2.24, 2.45) is 11.7 Å². The van der Waals surface area contributed by atoms with Crippen LogP contribution in [-0.2, 0) is 14.3 Å². The highest BCUT2D eigenvalue weighted by molar-refractivity contribution is 5.81. The molecule has 0 aliphatic rings. The molecular weight excluding hydrogens is 244 g/mol. The van der Waals surface area contributed by atoms with Crippen LogP contribution in [0.2, 0.25) is 0 Å². The molecule has 0 rings (SSSR count). The average Bonchev–Trinajstić information content (AvgIpc) is 2.30. The van der Waals surface area contributed by atoms with Crippen LogP contribution in [0.1, 0.15) is 53.9 Å². The second-order valence-corrected chi connectivity index (χ2v) is 5.89. The third kappa shape index (κ3) is 8.59. The minimum Gasteiger partial charge on any atom is -0.460 e. The van der Waals surface area contributed by atoms with E-state index in [9.17, 15) is 9.59 Å². The van der Waals surface area contributed by atoms with Gasteiger partial charge in [0.2, 0.25) is 5.91 Å². The molecule has 0 aromatic carbocycles. The van der Waals surface area contributed by atoms with Crippen LogP contribution in [0.15, 0.2) is 0 Å². The van der Waals surface area contributed by atoms with Crippen molar-refractivity contribution in [2.75, 3.05) is 6.54 Å². The van der Waals surface area contributed by atoms with E-state index in [1.165, 1.54) is 0 Å². The number of hydrogen-bond acceptors (Lipinski definition) is 4. The fraction of sp³-hybridized carbons (Fsp3) is 0.857. The van der Waals surface area contributed by atoms with E-state index in [4.69, 9.17) is 10.5 Å². The molecule has 0 aromatic rings. The van der Waals surface area contributed by atoms with E-state index in [1.807, 2.05) is 34.6 Å². The van der Waals surface area contributed by atoms with E-state index in [1.54, 1.807) is 0 Å². The molecular formula is C14H28N2O3. The summed E-state index contributed by atoms with van der Waals surface area (Å²) in [5, 5.41) is 2.74. The molecule has 0 saturated carbocycles. The zero-order valence-corrected chi connectivity index (χ0v) is 12.8. The number of rotatable bonds is 7. The first-order valence-electron chi connectivity index (χ1n) is 6.92. The maximum absolute atomic E-state index is 11.7. The van der Waals surface area contributed by atoms with Gasteiger partial charge in [-0.3, -0.25) is 9.59 Å². The van der Waals surface area contributed by atoms with Gasteiger partial charge in [-0.1, -0.05) is 20.3 Å². The van der Waals surface area contributed by atoms with Gasteiger partial charge in [0.15, 0.2) is 0 Å². The predicted octanol–water partition coefficient (Wildman–Crippen LogP) is 1.60. The lowest BCUT2D eigenvalue weighted by Gasteiger charge is -2.20. The largest absolute Gasteiger partial charge is 0.460 e. The molecule has 0 spiro atoms. The number of amides is 1. The summed E-state index contributed by atoms with van der Waals surface area (Å²) in [6.07, 6.45) is 1.73. The Hall–Kier alpha value is -1.10. The summed E-state index contributed by atoms with van der Waals surface area (Å²) >= 11 is 0. The lowest BCUT2D eigenvalue weighted by Crippen LogP contribution is -2.44. The molecule has 0 aromatic heterocycles. The molecule has 0 heterocycles. The first kappa shape index (κ1) is 17.9. The molecule has 0 radical (unpaired) electrons. The molecule has 1 amide bonds. The molecule has 5 heteroatoms. The smallest absolute Gasteiger partial charge is 0.306 e. The summed E-state index contributed by atoms with van der Waals surface area (Å²) in [6.45, 7) is 9.89. The van der Waals surface area contributed by atoms with E-state index < -0.39 is 11.6 Å². The van der Waals surface area contributed by atoms with Crippen LogP contribution in [0.25, 0.3) is 0 Å². The van der Waals surface area contributed by atoms with Gasteiger partial charge >= 0.3 is 5.97 Å². The predicted molar refractivity (Wildman–Crippen MR) is 75.5 cm³/mol. The molecule has 0 bridgehead atoms. The number of esters is 1. The van der Waals surface area contributed by atoms with Crippen molar-refractivity contribution < 1.29 is 14.3 Å². The molecule has 19 heavy (non-hydrogen) atoms. The molecule has 0 unspecified atom stereocenters. The normalized spacial score (nSPS) is 14.6. The topological polar surface area (TPSA) is 81.4 Å². The number of hydrogen-bond donors (Lipinski definition) is 2. The standard InChI is InChI=1S/C14H28N2O3/c1-6-10(2)12(15)13(18)16-9-7-8-11(17)19-14(3,4)5/h10,12H,6-9,15H2,1-5H3,(H,16,18)/t10-,12-/m0/s1. The Kier molecular flexibility index (Phi) is 7.68. The van der Waals surface area contributed by atoms with Gasteiger partial charge in [-0.2, -0.15) is 0 Å². The molecule has 5 nitrogen and oxygen atoms in total. The van der Waals surface area contributed by atoms with Crippen LogP contribution in [0.4, 0.5) is 0 Å². The minimum absolute atomic E-state index is 0.154. The molecule has 3 N–H and O–H groups in total. The summed E-state index contributed by atoms with van der Waals surface area (Å²) in [6, 6.07) is -0.480. The lowest BCUT2D eigenvalue weighted by molar-refractivity contribution is -0.155. The molecule has 0 saturated heterocycles. The maximum Gasteiger partial charge on any atom is 0.306 e. The van der Waals surface area contributed by atoms with Gasteiger partial charge in [-0.25, -0.2) is 0 Å². The Morgan fingerprint density at radius 1 is 1.32 bits per heavy atom. The van der Waals surface area contributed by atoms with E-state index in [0.29, 0.717) is 19.4 Å². The first-order valence-corrected chi connectivity index (χ1v) is 6.92. The van der Waals surface area contributed by atoms with E-state index >= 15 is 0 Å². The van der Waals surface area contributed by atoms with Crippen molar-refractivity contribution in [2.45, 2.75) is 65.5 Å². The number of nitrogens with two attached hydrogens (primary N) is 1. The zero-order chi connectivity index (χ0) is 15.1. The van der Waals surface area contributed by atoms with Gasteiger partial charge < -0.3 is 15.8 Å². The van der Waals surface area contributed by atoms with E-state index in [0.717, 1.165) is 6.42 Å². The fourth-order valence-corrected chi connectivity index (χ4v) is 1.47. The third-order valence-corrected chi connectivity index (χ3v) is 2.84. The first-order chi connectivity index (χ1) is 8.67. The van der Waals surface area contributed by atoms with Crippen molar-refractivity contribution in [1.29, 1.82) is 0 Å². The van der Waals surface area contributed by atoms with Crippen LogP contribution < -0.4 is 11.1 Å². The van der Waals surface area contributed by atoms with E-state index in [-0.39, 0.29) is 17.8 Å². The average molecular weight is 272 g/mol. The van der Waals surface area contributed by atoms with Crippen molar-refractivity contribution in [3.8, 4) is 0 Å². The molecule has 0 fully saturated rings. The monoisotopic (exact) mass is 272 g/mol. The summed E-state index contributed by atoms with van der Waals surface area (Å²) in [5.41, 5.74) is 5.33. The number of ether oxygens (including phenoxy) is 1. The van der Waals surface area contributed by atoms with Crippen molar-refractivity contribution >= 4 is 11.9 Å². The quantitative estimate of drug-likeness (QED) is 0.545. The molecule has 112 valence electrons. The summed E-state index contributed by atoms with van der Waals surface area (Å²) in [5.74, 6) is -0.239. The van der Waals surface area contributed by atoms with Gasteiger partial charge in [0, 0.05) is 13.0 Å². The second kappa shape index (κ2) is 8.15. The summed E-state index contributed by atoms with van der Waals surface area (Å²) in [4.78, 5) is 23.1. The second-order valence-electron chi connectivity index (χ2n) is 5.89. The van der Waals surface area contributed by atoms with Crippen molar-refractivity contribution in [1.82, 2.24) is 5.32 Å². The highest BCUT2D eigenvalue weighted by Crippen LogP contribution is 2.09. The summed E-state index contributed by atoms with van der Waals surface area (Å²) in [7, 11) is 0. The number of carbonyl (C=O) groups is 2. The Morgan fingerprint density at radius 3 is 2.37 bits per heavy atom. The Labute approximate surface area is 116 Å². The number of carbonyl (C=O) groups excluding carboxylic acids is 2. The van der Waals surface area contributed by atoms with Crippen LogP contribution in [0.5, 0.6) is 0 Å². The molecule has 2 atom stereocenters. The van der Waals surface area contributed by atoms with Gasteiger partial charge in [0.05, 0.1) is 6.04 Å². The molecule has 0 aliphatic heterocycles. The number of nitrogens with one attached hydrogen (secondary N) is 1. The highest BCUT2D eigenvalue weighted by Gasteiger charge is 2.19. The van der Waals surface area contributed by atoms with Gasteiger partial charge in [-0.15, -0.1) is 0 Å². The molecule has 0 aliphatic carbocycles. The Bertz CT molecular complexity index is 298. The van der Waals surface area contributed by atoms with Gasteiger partial charge in [-0.05, 0) is 33.1 Å². The maximum atomic E-state index is 11.7. The highest BCUT2D eigenvalue weighted by atomic mass is 16.6. The lowest BCUT2D eigenvalue weighted by atomic mass is 9.99. The minimum atomic E-state index is -0.480. The Morgan fingerprint density at radius 2 is 1.89 bits per heavy atom. The van der Waals surface area contributed by atoms with E-state index in [2.05, 4.69) is 5.32 Å². The Balaban J connectivity index is 3.81. The third-order valence-electron chi connectivity index (χ3n) is 2.84. The van der Waals surface area contributed by atoms with Crippen molar-refractivity contribution in [3.63, 3.8) is 0 Å². The van der Waals surface area contributed by atoms with Crippen molar-refractivity contribution in [3.05, 3.63) is 0 Å². The van der Waals surface area contributed by atoms with Crippen LogP contribution >= 0.6 is 0 Å². The van der Waals surface area contributed by atoms with Crippen LogP contribution in [0, 0.1) is 5.92 Å². The van der Waals surface area contributed by atoms with Gasteiger partial charge in [0.25, 0.3) is 0 Å². The fourth-order valence-electron chi connectivity index (χ4n) is 1.47. The SMILES string of the molecule is CC[C@H](C)[C@H](N)C(=O)NCCCC(=O)OC(C)(C)C. The zero-order valence-electron chi connectivity index (χ0n) is 12.8. The van der Waals surface area contributed by atoms with Crippen LogP contribution in [0.3, 0.4) is 0 Å². The summed E-state index contributed by atoms with van der Waals surface area (Å²) < 4.78 is 5.17. The van der Waals surface area contributed by atoms with Gasteiger partial charge in [0.1, 0.15) is 5.60 Å². The van der Waals surface area contributed by atoms with Crippen LogP contribution in [-0.4, -0.2) is 30.1 Å².